The molecule has 1 amide bonds. The molecule has 7 heteroatoms. The molecule has 1 atom stereocenters. The maximum atomic E-state index is 12.4. The Kier molecular flexibility index (Phi) is 7.02. The van der Waals surface area contributed by atoms with Gasteiger partial charge in [0.25, 0.3) is 0 Å². The molecule has 1 heterocycles. The van der Waals surface area contributed by atoms with Gasteiger partial charge in [-0.05, 0) is 46.1 Å². The van der Waals surface area contributed by atoms with Gasteiger partial charge >= 0.3 is 12.1 Å². The van der Waals surface area contributed by atoms with Gasteiger partial charge in [0.15, 0.2) is 5.82 Å². The summed E-state index contributed by atoms with van der Waals surface area (Å²) < 4.78 is 11.8. The van der Waals surface area contributed by atoms with Gasteiger partial charge in [-0.25, -0.2) is 9.78 Å². The molecule has 3 rings (SSSR count). The molecular formula is C21H22IN3O3. The Balaban J connectivity index is 1.63. The second-order valence-corrected chi connectivity index (χ2v) is 7.73. The minimum absolute atomic E-state index is 0.202. The van der Waals surface area contributed by atoms with E-state index in [2.05, 4.69) is 57.7 Å². The molecule has 2 aromatic rings. The van der Waals surface area contributed by atoms with Crippen LogP contribution in [-0.4, -0.2) is 29.7 Å². The Labute approximate surface area is 178 Å². The molecule has 0 N–H and O–H groups in total. The summed E-state index contributed by atoms with van der Waals surface area (Å²) in [5, 5.41) is 0. The first kappa shape index (κ1) is 20.3. The zero-order valence-electron chi connectivity index (χ0n) is 15.8. The quantitative estimate of drug-likeness (QED) is 0.546. The lowest BCUT2D eigenvalue weighted by Crippen LogP contribution is -2.28. The summed E-state index contributed by atoms with van der Waals surface area (Å²) in [5.41, 5.74) is 2.02. The maximum Gasteiger partial charge on any atom is 0.415 e. The van der Waals surface area contributed by atoms with Gasteiger partial charge in [0.2, 0.25) is 0 Å². The fourth-order valence-electron chi connectivity index (χ4n) is 2.72. The van der Waals surface area contributed by atoms with Crippen molar-refractivity contribution in [2.24, 2.45) is 5.92 Å². The summed E-state index contributed by atoms with van der Waals surface area (Å²) >= 11 is 2.09. The highest BCUT2D eigenvalue weighted by molar-refractivity contribution is 14.1. The van der Waals surface area contributed by atoms with E-state index in [1.165, 1.54) is 4.90 Å². The minimum atomic E-state index is -0.488. The van der Waals surface area contributed by atoms with E-state index >= 15 is 0 Å². The number of allylic oxidation sites excluding steroid dienone is 2. The van der Waals surface area contributed by atoms with Crippen LogP contribution in [0.3, 0.4) is 0 Å². The van der Waals surface area contributed by atoms with Crippen LogP contribution in [0.15, 0.2) is 60.3 Å². The van der Waals surface area contributed by atoms with Crippen LogP contribution < -0.4 is 9.64 Å². The first-order chi connectivity index (χ1) is 13.5. The number of carbonyl (C=O) groups is 1. The summed E-state index contributed by atoms with van der Waals surface area (Å²) in [6.45, 7) is 2.76. The van der Waals surface area contributed by atoms with Crippen molar-refractivity contribution in [3.63, 3.8) is 0 Å². The van der Waals surface area contributed by atoms with Crippen LogP contribution in [0.2, 0.25) is 0 Å². The molecule has 0 aliphatic heterocycles. The largest absolute Gasteiger partial charge is 0.459 e. The third-order valence-electron chi connectivity index (χ3n) is 4.21. The number of hydrogen-bond acceptors (Lipinski definition) is 5. The van der Waals surface area contributed by atoms with Gasteiger partial charge in [-0.2, -0.15) is 4.98 Å². The second kappa shape index (κ2) is 9.68. The van der Waals surface area contributed by atoms with Crippen LogP contribution in [0, 0.1) is 9.49 Å². The fourth-order valence-corrected chi connectivity index (χ4v) is 3.34. The predicted molar refractivity (Wildman–Crippen MR) is 116 cm³/mol. The van der Waals surface area contributed by atoms with Gasteiger partial charge in [-0.15, -0.1) is 0 Å². The van der Waals surface area contributed by atoms with Crippen molar-refractivity contribution >= 4 is 34.5 Å². The molecule has 1 aromatic heterocycles. The topological polar surface area (TPSA) is 64.5 Å². The number of rotatable bonds is 6. The average molecular weight is 491 g/mol. The van der Waals surface area contributed by atoms with Crippen LogP contribution in [0.5, 0.6) is 6.01 Å². The van der Waals surface area contributed by atoms with Gasteiger partial charge in [0.1, 0.15) is 13.2 Å². The number of anilines is 1. The molecule has 1 aliphatic rings. The molecular weight excluding hydrogens is 469 g/mol. The number of benzene rings is 1. The van der Waals surface area contributed by atoms with Gasteiger partial charge in [-0.1, -0.05) is 55.5 Å². The summed E-state index contributed by atoms with van der Waals surface area (Å²) in [6, 6.07) is 9.77. The molecule has 28 heavy (non-hydrogen) atoms. The molecule has 0 saturated heterocycles. The Morgan fingerprint density at radius 3 is 2.82 bits per heavy atom. The van der Waals surface area contributed by atoms with Gasteiger partial charge in [-0.3, -0.25) is 4.90 Å². The summed E-state index contributed by atoms with van der Waals surface area (Å²) in [7, 11) is 1.62. The van der Waals surface area contributed by atoms with Gasteiger partial charge in [0, 0.05) is 13.2 Å². The lowest BCUT2D eigenvalue weighted by Gasteiger charge is -2.18. The Morgan fingerprint density at radius 1 is 1.29 bits per heavy atom. The van der Waals surface area contributed by atoms with Gasteiger partial charge < -0.3 is 9.47 Å². The highest BCUT2D eigenvalue weighted by atomic mass is 127. The van der Waals surface area contributed by atoms with E-state index in [-0.39, 0.29) is 12.6 Å². The van der Waals surface area contributed by atoms with E-state index in [0.29, 0.717) is 18.3 Å². The van der Waals surface area contributed by atoms with Crippen molar-refractivity contribution < 1.29 is 14.3 Å². The standard InChI is InChI=1S/C21H22IN3O3/c1-15-7-6-10-17(11-15)14-27-20-23-12-18(22)19(24-20)25(2)21(26)28-13-16-8-4-3-5-9-16/h3-6,8-12,15H,7,13-14H2,1-2H3. The number of carbonyl (C=O) groups excluding carboxylic acids is 1. The number of hydrogen-bond donors (Lipinski definition) is 0. The molecule has 1 unspecified atom stereocenters. The van der Waals surface area contributed by atoms with Crippen molar-refractivity contribution in [2.75, 3.05) is 18.6 Å². The van der Waals surface area contributed by atoms with E-state index in [0.717, 1.165) is 21.1 Å². The van der Waals surface area contributed by atoms with E-state index in [9.17, 15) is 4.79 Å². The molecule has 0 radical (unpaired) electrons. The van der Waals surface area contributed by atoms with E-state index in [1.54, 1.807) is 13.2 Å². The number of halogens is 1. The zero-order valence-corrected chi connectivity index (χ0v) is 18.0. The Morgan fingerprint density at radius 2 is 2.07 bits per heavy atom. The molecule has 0 spiro atoms. The van der Waals surface area contributed by atoms with Crippen molar-refractivity contribution in [3.05, 3.63) is 69.5 Å². The number of amides is 1. The van der Waals surface area contributed by atoms with Crippen LogP contribution in [0.1, 0.15) is 18.9 Å². The van der Waals surface area contributed by atoms with Crippen molar-refractivity contribution in [1.82, 2.24) is 9.97 Å². The highest BCUT2D eigenvalue weighted by Gasteiger charge is 2.18. The third-order valence-corrected chi connectivity index (χ3v) is 4.97. The zero-order chi connectivity index (χ0) is 19.9. The molecule has 1 aromatic carbocycles. The maximum absolute atomic E-state index is 12.4. The van der Waals surface area contributed by atoms with Crippen molar-refractivity contribution in [2.45, 2.75) is 20.0 Å². The lowest BCUT2D eigenvalue weighted by molar-refractivity contribution is 0.148. The molecule has 0 fully saturated rings. The Hall–Kier alpha value is -2.42. The number of nitrogens with zero attached hydrogens (tertiary/aromatic N) is 3. The van der Waals surface area contributed by atoms with Crippen LogP contribution in [-0.2, 0) is 11.3 Å². The SMILES string of the molecule is CC1C=C(COc2ncc(I)c(N(C)C(=O)OCc3ccccc3)n2)C=CC1. The fraction of sp³-hybridized carbons (Fsp3) is 0.286. The molecule has 146 valence electrons. The van der Waals surface area contributed by atoms with Crippen molar-refractivity contribution in [3.8, 4) is 6.01 Å². The minimum Gasteiger partial charge on any atom is -0.459 e. The first-order valence-electron chi connectivity index (χ1n) is 9.00. The molecule has 0 saturated carbocycles. The predicted octanol–water partition coefficient (Wildman–Crippen LogP) is 4.76. The van der Waals surface area contributed by atoms with E-state index < -0.39 is 6.09 Å². The monoisotopic (exact) mass is 491 g/mol. The highest BCUT2D eigenvalue weighted by Crippen LogP contribution is 2.22. The van der Waals surface area contributed by atoms with Crippen LogP contribution >= 0.6 is 22.6 Å². The average Bonchev–Trinajstić information content (AvgIpc) is 2.71. The first-order valence-corrected chi connectivity index (χ1v) is 10.1. The van der Waals surface area contributed by atoms with Gasteiger partial charge in [0.05, 0.1) is 3.57 Å². The number of aromatic nitrogens is 2. The second-order valence-electron chi connectivity index (χ2n) is 6.57. The summed E-state index contributed by atoms with van der Waals surface area (Å²) in [4.78, 5) is 22.4. The molecule has 6 nitrogen and oxygen atoms in total. The summed E-state index contributed by atoms with van der Waals surface area (Å²) in [5.74, 6) is 0.951. The smallest absolute Gasteiger partial charge is 0.415 e. The van der Waals surface area contributed by atoms with Crippen molar-refractivity contribution in [1.29, 1.82) is 0 Å². The Bertz CT molecular complexity index is 884. The van der Waals surface area contributed by atoms with Crippen LogP contribution in [0.25, 0.3) is 0 Å². The normalized spacial score (nSPS) is 15.7. The lowest BCUT2D eigenvalue weighted by atomic mass is 9.99. The number of ether oxygens (including phenoxy) is 2. The van der Waals surface area contributed by atoms with E-state index in [1.807, 2.05) is 30.3 Å². The molecule has 0 bridgehead atoms. The summed E-state index contributed by atoms with van der Waals surface area (Å²) in [6.07, 6.45) is 8.57. The van der Waals surface area contributed by atoms with Crippen LogP contribution in [0.4, 0.5) is 10.6 Å². The molecule has 1 aliphatic carbocycles. The van der Waals surface area contributed by atoms with E-state index in [4.69, 9.17) is 9.47 Å². The third kappa shape index (κ3) is 5.54.